The van der Waals surface area contributed by atoms with Gasteiger partial charge in [-0.2, -0.15) is 18.3 Å². The molecule has 0 aliphatic carbocycles. The first kappa shape index (κ1) is 24.1. The fraction of sp³-hybridized carbons (Fsp3) is 0.318. The molecule has 33 heavy (non-hydrogen) atoms. The Kier molecular flexibility index (Phi) is 6.71. The van der Waals surface area contributed by atoms with Crippen LogP contribution in [0.3, 0.4) is 0 Å². The molecule has 0 bridgehead atoms. The van der Waals surface area contributed by atoms with Gasteiger partial charge in [-0.15, -0.1) is 0 Å². The number of para-hydroxylation sites is 2. The molecule has 2 amide bonds. The summed E-state index contributed by atoms with van der Waals surface area (Å²) in [4.78, 5) is 25.6. The van der Waals surface area contributed by atoms with Crippen LogP contribution in [-0.4, -0.2) is 35.8 Å². The number of halogens is 5. The molecule has 1 unspecified atom stereocenters. The quantitative estimate of drug-likeness (QED) is 0.633. The van der Waals surface area contributed by atoms with E-state index in [2.05, 4.69) is 15.7 Å². The lowest BCUT2D eigenvalue weighted by Gasteiger charge is -2.24. The molecule has 11 heteroatoms. The highest BCUT2D eigenvalue weighted by Gasteiger charge is 2.46. The Balaban J connectivity index is 1.99. The number of benzene rings is 2. The van der Waals surface area contributed by atoms with Crippen molar-refractivity contribution in [1.82, 2.24) is 5.32 Å². The third kappa shape index (κ3) is 5.12. The zero-order valence-electron chi connectivity index (χ0n) is 17.9. The number of anilines is 2. The van der Waals surface area contributed by atoms with E-state index in [0.717, 1.165) is 18.2 Å². The normalized spacial score (nSPS) is 16.1. The molecule has 1 heterocycles. The maximum Gasteiger partial charge on any atom is 0.431 e. The van der Waals surface area contributed by atoms with E-state index in [4.69, 9.17) is 0 Å². The van der Waals surface area contributed by atoms with Gasteiger partial charge in [-0.05, 0) is 44.5 Å². The Morgan fingerprint density at radius 1 is 1.09 bits per heavy atom. The summed E-state index contributed by atoms with van der Waals surface area (Å²) in [5, 5.41) is 8.85. The lowest BCUT2D eigenvalue weighted by molar-refractivity contribution is -0.117. The average molecular weight is 468 g/mol. The van der Waals surface area contributed by atoms with Crippen LogP contribution in [0.1, 0.15) is 36.2 Å². The van der Waals surface area contributed by atoms with Crippen molar-refractivity contribution in [2.24, 2.45) is 5.10 Å². The van der Waals surface area contributed by atoms with Crippen molar-refractivity contribution in [3.05, 3.63) is 59.2 Å². The number of carbonyl (C=O) groups is 2. The standard InChI is InChI=1S/C22H21F5N4O2/c1-11(2)28-20(32)13-7-4-6-12(3)18(13)29-21(33)16-10-17(22(25,26)27)30-31(16)19-14(23)8-5-9-15(19)24/h4-9,11,16H,10H2,1-3H3,(H,28,32)(H,29,33). The number of aryl methyl sites for hydroxylation is 1. The molecule has 2 aromatic rings. The highest BCUT2D eigenvalue weighted by Crippen LogP contribution is 2.35. The third-order valence-electron chi connectivity index (χ3n) is 4.89. The largest absolute Gasteiger partial charge is 0.431 e. The molecule has 2 aromatic carbocycles. The van der Waals surface area contributed by atoms with Crippen LogP contribution in [0, 0.1) is 18.6 Å². The molecule has 2 N–H and O–H groups in total. The van der Waals surface area contributed by atoms with E-state index in [9.17, 15) is 31.5 Å². The van der Waals surface area contributed by atoms with E-state index in [1.54, 1.807) is 32.9 Å². The SMILES string of the molecule is Cc1cccc(C(=O)NC(C)C)c1NC(=O)C1CC(C(F)(F)F)=NN1c1c(F)cccc1F. The summed E-state index contributed by atoms with van der Waals surface area (Å²) in [5.41, 5.74) is -1.59. The Hall–Kier alpha value is -3.50. The maximum atomic E-state index is 14.3. The topological polar surface area (TPSA) is 73.8 Å². The van der Waals surface area contributed by atoms with Crippen LogP contribution in [0.5, 0.6) is 0 Å². The van der Waals surface area contributed by atoms with E-state index in [1.807, 2.05) is 0 Å². The van der Waals surface area contributed by atoms with Gasteiger partial charge in [-0.25, -0.2) is 13.8 Å². The van der Waals surface area contributed by atoms with Crippen LogP contribution in [0.2, 0.25) is 0 Å². The summed E-state index contributed by atoms with van der Waals surface area (Å²) in [6.07, 6.45) is -5.83. The van der Waals surface area contributed by atoms with Crippen molar-refractivity contribution < 1.29 is 31.5 Å². The second-order valence-electron chi connectivity index (χ2n) is 7.79. The number of hydrogen-bond acceptors (Lipinski definition) is 4. The van der Waals surface area contributed by atoms with E-state index < -0.39 is 53.5 Å². The summed E-state index contributed by atoms with van der Waals surface area (Å²) in [6, 6.07) is 5.47. The molecule has 0 fully saturated rings. The number of hydrazone groups is 1. The van der Waals surface area contributed by atoms with Gasteiger partial charge >= 0.3 is 6.18 Å². The van der Waals surface area contributed by atoms with Crippen LogP contribution >= 0.6 is 0 Å². The van der Waals surface area contributed by atoms with Gasteiger partial charge in [0, 0.05) is 12.5 Å². The summed E-state index contributed by atoms with van der Waals surface area (Å²) in [7, 11) is 0. The Morgan fingerprint density at radius 3 is 2.27 bits per heavy atom. The summed E-state index contributed by atoms with van der Waals surface area (Å²) >= 11 is 0. The highest BCUT2D eigenvalue weighted by molar-refractivity contribution is 6.09. The van der Waals surface area contributed by atoms with Crippen molar-refractivity contribution in [3.63, 3.8) is 0 Å². The van der Waals surface area contributed by atoms with Gasteiger partial charge < -0.3 is 10.6 Å². The monoisotopic (exact) mass is 468 g/mol. The molecular formula is C22H21F5N4O2. The minimum absolute atomic E-state index is 0.0788. The first-order valence-corrected chi connectivity index (χ1v) is 9.99. The van der Waals surface area contributed by atoms with Crippen LogP contribution < -0.4 is 15.6 Å². The molecule has 0 saturated carbocycles. The number of rotatable bonds is 5. The zero-order chi connectivity index (χ0) is 24.5. The second-order valence-corrected chi connectivity index (χ2v) is 7.79. The van der Waals surface area contributed by atoms with Crippen LogP contribution in [0.25, 0.3) is 0 Å². The lowest BCUT2D eigenvalue weighted by atomic mass is 10.0. The molecule has 176 valence electrons. The van der Waals surface area contributed by atoms with Crippen molar-refractivity contribution in [2.45, 2.75) is 45.5 Å². The smallest absolute Gasteiger partial charge is 0.350 e. The zero-order valence-corrected chi connectivity index (χ0v) is 17.9. The Bertz CT molecular complexity index is 1090. The number of nitrogens with zero attached hydrogens (tertiary/aromatic N) is 2. The van der Waals surface area contributed by atoms with Crippen molar-refractivity contribution in [2.75, 3.05) is 10.3 Å². The first-order valence-electron chi connectivity index (χ1n) is 9.99. The summed E-state index contributed by atoms with van der Waals surface area (Å²) in [6.45, 7) is 5.07. The Labute approximate surface area is 186 Å². The number of amides is 2. The lowest BCUT2D eigenvalue weighted by Crippen LogP contribution is -2.40. The van der Waals surface area contributed by atoms with E-state index in [-0.39, 0.29) is 17.3 Å². The van der Waals surface area contributed by atoms with Crippen LogP contribution in [-0.2, 0) is 4.79 Å². The predicted octanol–water partition coefficient (Wildman–Crippen LogP) is 4.55. The van der Waals surface area contributed by atoms with E-state index in [1.165, 1.54) is 6.07 Å². The van der Waals surface area contributed by atoms with Gasteiger partial charge in [0.2, 0.25) is 5.91 Å². The molecule has 3 rings (SSSR count). The van der Waals surface area contributed by atoms with Gasteiger partial charge in [-0.1, -0.05) is 18.2 Å². The molecule has 1 atom stereocenters. The number of carbonyl (C=O) groups excluding carboxylic acids is 2. The van der Waals surface area contributed by atoms with Crippen LogP contribution in [0.15, 0.2) is 41.5 Å². The maximum absolute atomic E-state index is 14.3. The Morgan fingerprint density at radius 2 is 1.70 bits per heavy atom. The first-order chi connectivity index (χ1) is 15.4. The minimum atomic E-state index is -4.90. The van der Waals surface area contributed by atoms with E-state index in [0.29, 0.717) is 10.6 Å². The minimum Gasteiger partial charge on any atom is -0.350 e. The summed E-state index contributed by atoms with van der Waals surface area (Å²) < 4.78 is 68.7. The van der Waals surface area contributed by atoms with Gasteiger partial charge in [0.25, 0.3) is 5.91 Å². The molecule has 1 aliphatic rings. The molecular weight excluding hydrogens is 447 g/mol. The number of nitrogens with one attached hydrogen (secondary N) is 2. The predicted molar refractivity (Wildman–Crippen MR) is 113 cm³/mol. The fourth-order valence-corrected chi connectivity index (χ4v) is 3.37. The molecule has 0 spiro atoms. The fourth-order valence-electron chi connectivity index (χ4n) is 3.37. The van der Waals surface area contributed by atoms with Gasteiger partial charge in [0.15, 0.2) is 11.6 Å². The van der Waals surface area contributed by atoms with E-state index >= 15 is 0 Å². The summed E-state index contributed by atoms with van der Waals surface area (Å²) in [5.74, 6) is -3.85. The van der Waals surface area contributed by atoms with Crippen molar-refractivity contribution >= 4 is 28.9 Å². The molecule has 0 radical (unpaired) electrons. The van der Waals surface area contributed by atoms with Crippen molar-refractivity contribution in [1.29, 1.82) is 0 Å². The van der Waals surface area contributed by atoms with Gasteiger partial charge in [0.1, 0.15) is 17.4 Å². The van der Waals surface area contributed by atoms with Crippen molar-refractivity contribution in [3.8, 4) is 0 Å². The van der Waals surface area contributed by atoms with Crippen LogP contribution in [0.4, 0.5) is 33.3 Å². The van der Waals surface area contributed by atoms with Gasteiger partial charge in [0.05, 0.1) is 11.3 Å². The average Bonchev–Trinajstić information content (AvgIpc) is 3.14. The molecule has 0 saturated heterocycles. The van der Waals surface area contributed by atoms with Gasteiger partial charge in [-0.3, -0.25) is 9.59 Å². The molecule has 1 aliphatic heterocycles. The number of hydrogen-bond donors (Lipinski definition) is 2. The third-order valence-corrected chi connectivity index (χ3v) is 4.89. The second kappa shape index (κ2) is 9.16. The molecule has 6 nitrogen and oxygen atoms in total. The number of alkyl halides is 3. The highest BCUT2D eigenvalue weighted by atomic mass is 19.4. The molecule has 0 aromatic heterocycles.